The lowest BCUT2D eigenvalue weighted by Crippen LogP contribution is -2.46. The molecule has 38 heavy (non-hydrogen) atoms. The zero-order valence-corrected chi connectivity index (χ0v) is 21.4. The number of fused-ring (bicyclic) bond motifs is 2. The monoisotopic (exact) mass is 516 g/mol. The molecule has 2 aliphatic heterocycles. The molecule has 3 fully saturated rings. The highest BCUT2D eigenvalue weighted by Crippen LogP contribution is 2.45. The predicted octanol–water partition coefficient (Wildman–Crippen LogP) is 4.45. The normalized spacial score (nSPS) is 22.4. The van der Waals surface area contributed by atoms with E-state index in [1.165, 1.54) is 11.8 Å². The molecule has 2 saturated heterocycles. The third-order valence-electron chi connectivity index (χ3n) is 7.99. The first kappa shape index (κ1) is 24.6. The molecular formula is C29H32N4O5. The third-order valence-corrected chi connectivity index (χ3v) is 7.99. The Morgan fingerprint density at radius 1 is 1.11 bits per heavy atom. The number of hydrogen-bond donors (Lipinski definition) is 2. The highest BCUT2D eigenvalue weighted by Gasteiger charge is 2.42. The van der Waals surface area contributed by atoms with Gasteiger partial charge in [-0.05, 0) is 63.1 Å². The molecule has 1 saturated carbocycles. The molecule has 0 spiro atoms. The summed E-state index contributed by atoms with van der Waals surface area (Å²) in [6, 6.07) is 12.5. The molecule has 198 valence electrons. The molecule has 9 nitrogen and oxygen atoms in total. The number of aliphatic carboxylic acids is 1. The van der Waals surface area contributed by atoms with Crippen LogP contribution in [0.1, 0.15) is 71.7 Å². The number of aryl methyl sites for hydroxylation is 1. The Bertz CT molecular complexity index is 1320. The van der Waals surface area contributed by atoms with Crippen molar-refractivity contribution in [1.82, 2.24) is 15.5 Å². The maximum Gasteiger partial charge on any atom is 0.322 e. The van der Waals surface area contributed by atoms with Gasteiger partial charge in [0, 0.05) is 35.3 Å². The second kappa shape index (κ2) is 10.2. The third kappa shape index (κ3) is 4.90. The molecule has 2 bridgehead atoms. The number of piperidine rings is 1. The van der Waals surface area contributed by atoms with Crippen LogP contribution in [-0.2, 0) is 16.1 Å². The van der Waals surface area contributed by atoms with Crippen LogP contribution in [0, 0.1) is 6.92 Å². The van der Waals surface area contributed by atoms with E-state index in [2.05, 4.69) is 39.4 Å². The van der Waals surface area contributed by atoms with Crippen LogP contribution in [0.15, 0.2) is 47.1 Å². The summed E-state index contributed by atoms with van der Waals surface area (Å²) in [4.78, 5) is 29.8. The van der Waals surface area contributed by atoms with Gasteiger partial charge in [0.25, 0.3) is 5.91 Å². The lowest BCUT2D eigenvalue weighted by molar-refractivity contribution is -0.135. The summed E-state index contributed by atoms with van der Waals surface area (Å²) in [7, 11) is 0. The fourth-order valence-corrected chi connectivity index (χ4v) is 5.95. The van der Waals surface area contributed by atoms with Gasteiger partial charge in [0.1, 0.15) is 23.8 Å². The first-order valence-corrected chi connectivity index (χ1v) is 13.4. The van der Waals surface area contributed by atoms with Crippen LogP contribution in [0.4, 0.5) is 5.82 Å². The zero-order chi connectivity index (χ0) is 26.2. The minimum Gasteiger partial charge on any atom is -0.480 e. The molecule has 3 aliphatic rings. The number of rotatable bonds is 9. The minimum absolute atomic E-state index is 0.150. The molecule has 2 aromatic heterocycles. The fraction of sp³-hybridized carbons (Fsp3) is 0.448. The number of hydrogen-bond acceptors (Lipinski definition) is 7. The summed E-state index contributed by atoms with van der Waals surface area (Å²) in [5.41, 5.74) is 4.62. The summed E-state index contributed by atoms with van der Waals surface area (Å²) in [5, 5.41) is 15.6. The second-order valence-electron chi connectivity index (χ2n) is 10.6. The molecule has 9 heteroatoms. The number of nitrogens with one attached hydrogen (secondary N) is 1. The molecular weight excluding hydrogens is 484 g/mol. The molecule has 1 aliphatic carbocycles. The van der Waals surface area contributed by atoms with Gasteiger partial charge in [-0.1, -0.05) is 29.4 Å². The van der Waals surface area contributed by atoms with E-state index in [0.717, 1.165) is 66.9 Å². The average molecular weight is 517 g/mol. The number of carboxylic acid groups (broad SMARTS) is 1. The van der Waals surface area contributed by atoms with Crippen LogP contribution in [0.3, 0.4) is 0 Å². The fourth-order valence-electron chi connectivity index (χ4n) is 5.95. The summed E-state index contributed by atoms with van der Waals surface area (Å²) in [6.45, 7) is 2.19. The Labute approximate surface area is 221 Å². The van der Waals surface area contributed by atoms with Crippen molar-refractivity contribution >= 4 is 17.7 Å². The number of pyridine rings is 1. The van der Waals surface area contributed by atoms with Crippen LogP contribution in [0.2, 0.25) is 0 Å². The molecule has 2 N–H and O–H groups in total. The van der Waals surface area contributed by atoms with Crippen molar-refractivity contribution in [2.75, 3.05) is 11.4 Å². The molecule has 2 unspecified atom stereocenters. The largest absolute Gasteiger partial charge is 0.480 e. The molecule has 0 radical (unpaired) electrons. The average Bonchev–Trinajstić information content (AvgIpc) is 3.62. The standard InChI is InChI=1S/C29H32N4O5/c1-17-4-2-3-5-23(17)27-24(28(38-32-27)18-6-7-18)16-37-22-12-20-9-10-21(13-22)33(20)25-11-8-19(14-30-25)29(36)31-15-26(34)35/h2-5,8,11,14,18,20-22H,6-7,9-10,12-13,15-16H2,1H3,(H,31,36)(H,34,35)/t20-,21?,22?/m0/s1. The first-order valence-electron chi connectivity index (χ1n) is 13.4. The maximum atomic E-state index is 12.1. The van der Waals surface area contributed by atoms with E-state index in [1.54, 1.807) is 6.07 Å². The Kier molecular flexibility index (Phi) is 6.61. The minimum atomic E-state index is -1.08. The van der Waals surface area contributed by atoms with Crippen LogP contribution in [-0.4, -0.2) is 51.9 Å². The second-order valence-corrected chi connectivity index (χ2v) is 10.6. The van der Waals surface area contributed by atoms with Crippen molar-refractivity contribution in [2.24, 2.45) is 0 Å². The zero-order valence-electron chi connectivity index (χ0n) is 21.4. The van der Waals surface area contributed by atoms with Gasteiger partial charge in [-0.3, -0.25) is 9.59 Å². The predicted molar refractivity (Wildman–Crippen MR) is 140 cm³/mol. The van der Waals surface area contributed by atoms with Crippen LogP contribution >= 0.6 is 0 Å². The van der Waals surface area contributed by atoms with Gasteiger partial charge in [0.2, 0.25) is 0 Å². The van der Waals surface area contributed by atoms with Crippen molar-refractivity contribution in [3.05, 3.63) is 65.0 Å². The van der Waals surface area contributed by atoms with Gasteiger partial charge >= 0.3 is 5.97 Å². The molecule has 1 aromatic carbocycles. The van der Waals surface area contributed by atoms with Crippen molar-refractivity contribution in [2.45, 2.75) is 76.2 Å². The Morgan fingerprint density at radius 3 is 2.53 bits per heavy atom. The van der Waals surface area contributed by atoms with Gasteiger partial charge < -0.3 is 24.6 Å². The molecule has 1 amide bonds. The van der Waals surface area contributed by atoms with Crippen molar-refractivity contribution < 1.29 is 24.0 Å². The van der Waals surface area contributed by atoms with Gasteiger partial charge in [-0.2, -0.15) is 0 Å². The van der Waals surface area contributed by atoms with Gasteiger partial charge in [-0.15, -0.1) is 0 Å². The number of carbonyl (C=O) groups excluding carboxylic acids is 1. The van der Waals surface area contributed by atoms with E-state index in [-0.39, 0.29) is 6.10 Å². The van der Waals surface area contributed by atoms with E-state index in [0.29, 0.717) is 30.2 Å². The van der Waals surface area contributed by atoms with Gasteiger partial charge in [0.15, 0.2) is 0 Å². The number of anilines is 1. The van der Waals surface area contributed by atoms with E-state index in [4.69, 9.17) is 14.4 Å². The smallest absolute Gasteiger partial charge is 0.322 e. The lowest BCUT2D eigenvalue weighted by Gasteiger charge is -2.39. The molecule has 6 rings (SSSR count). The summed E-state index contributed by atoms with van der Waals surface area (Å²) in [6.07, 6.45) is 7.97. The quantitative estimate of drug-likeness (QED) is 0.428. The number of carboxylic acids is 1. The highest BCUT2D eigenvalue weighted by atomic mass is 16.5. The van der Waals surface area contributed by atoms with Crippen LogP contribution in [0.25, 0.3) is 11.3 Å². The summed E-state index contributed by atoms with van der Waals surface area (Å²) < 4.78 is 12.4. The Hall–Kier alpha value is -3.72. The van der Waals surface area contributed by atoms with Crippen LogP contribution < -0.4 is 10.2 Å². The van der Waals surface area contributed by atoms with E-state index in [1.807, 2.05) is 18.2 Å². The van der Waals surface area contributed by atoms with Crippen molar-refractivity contribution in [1.29, 1.82) is 0 Å². The summed E-state index contributed by atoms with van der Waals surface area (Å²) >= 11 is 0. The van der Waals surface area contributed by atoms with Crippen LogP contribution in [0.5, 0.6) is 0 Å². The number of benzene rings is 1. The van der Waals surface area contributed by atoms with E-state index in [9.17, 15) is 9.59 Å². The maximum absolute atomic E-state index is 12.1. The van der Waals surface area contributed by atoms with Gasteiger partial charge in [0.05, 0.1) is 18.3 Å². The molecule has 3 aromatic rings. The van der Waals surface area contributed by atoms with Crippen molar-refractivity contribution in [3.63, 3.8) is 0 Å². The number of ether oxygens (including phenoxy) is 1. The summed E-state index contributed by atoms with van der Waals surface area (Å²) in [5.74, 6) is 0.773. The lowest BCUT2D eigenvalue weighted by atomic mass is 9.98. The number of aromatic nitrogens is 2. The van der Waals surface area contributed by atoms with E-state index < -0.39 is 18.4 Å². The number of carbonyl (C=O) groups is 2. The number of amides is 1. The molecule has 3 atom stereocenters. The van der Waals surface area contributed by atoms with E-state index >= 15 is 0 Å². The van der Waals surface area contributed by atoms with Crippen molar-refractivity contribution in [3.8, 4) is 11.3 Å². The topological polar surface area (TPSA) is 118 Å². The van der Waals surface area contributed by atoms with Gasteiger partial charge in [-0.25, -0.2) is 4.98 Å². The molecule has 4 heterocycles. The number of nitrogens with zero attached hydrogens (tertiary/aromatic N) is 3. The highest BCUT2D eigenvalue weighted by molar-refractivity contribution is 5.95. The SMILES string of the molecule is Cc1ccccc1-c1noc(C2CC2)c1COC1CC2CC[C@@H](C1)N2c1ccc(C(=O)NCC(=O)O)cn1. The Morgan fingerprint density at radius 2 is 1.87 bits per heavy atom. The Balaban J connectivity index is 1.12. The first-order chi connectivity index (χ1) is 18.5.